The lowest BCUT2D eigenvalue weighted by molar-refractivity contribution is 0.0765. The molecule has 22 heavy (non-hydrogen) atoms. The van der Waals surface area contributed by atoms with Gasteiger partial charge in [-0.15, -0.1) is 12.4 Å². The molecule has 5 heteroatoms. The number of halogens is 1. The summed E-state index contributed by atoms with van der Waals surface area (Å²) in [6.45, 7) is 3.46. The molecule has 1 fully saturated rings. The predicted molar refractivity (Wildman–Crippen MR) is 89.2 cm³/mol. The number of fused-ring (bicyclic) bond motifs is 1. The third-order valence-corrected chi connectivity index (χ3v) is 4.73. The summed E-state index contributed by atoms with van der Waals surface area (Å²) in [5.41, 5.74) is 1.25. The molecular formula is C17H26ClNO3. The van der Waals surface area contributed by atoms with Gasteiger partial charge in [-0.3, -0.25) is 4.90 Å². The first kappa shape index (κ1) is 17.4. The molecule has 124 valence electrons. The van der Waals surface area contributed by atoms with E-state index in [1.54, 1.807) is 7.11 Å². The van der Waals surface area contributed by atoms with Crippen LogP contribution < -0.4 is 9.47 Å². The molecule has 0 aliphatic carbocycles. The molecule has 4 nitrogen and oxygen atoms in total. The Morgan fingerprint density at radius 2 is 2.05 bits per heavy atom. The van der Waals surface area contributed by atoms with Gasteiger partial charge in [0.25, 0.3) is 0 Å². The summed E-state index contributed by atoms with van der Waals surface area (Å²) < 4.78 is 11.6. The van der Waals surface area contributed by atoms with Gasteiger partial charge in [0.05, 0.1) is 7.11 Å². The Kier molecular flexibility index (Phi) is 6.36. The number of aliphatic hydroxyl groups is 1. The molecule has 2 aliphatic heterocycles. The molecule has 1 aromatic carbocycles. The lowest BCUT2D eigenvalue weighted by Crippen LogP contribution is -2.42. The predicted octanol–water partition coefficient (Wildman–Crippen LogP) is 2.51. The van der Waals surface area contributed by atoms with Crippen LogP contribution in [-0.4, -0.2) is 49.5 Å². The van der Waals surface area contributed by atoms with Crippen molar-refractivity contribution < 1.29 is 14.6 Å². The largest absolute Gasteiger partial charge is 0.493 e. The van der Waals surface area contributed by atoms with Crippen molar-refractivity contribution in [1.29, 1.82) is 0 Å². The first-order valence-corrected chi connectivity index (χ1v) is 7.96. The normalized spacial score (nSPS) is 22.4. The number of methoxy groups -OCH3 is 1. The van der Waals surface area contributed by atoms with Crippen LogP contribution in [0.5, 0.6) is 11.5 Å². The van der Waals surface area contributed by atoms with Crippen molar-refractivity contribution in [1.82, 2.24) is 4.90 Å². The molecule has 2 heterocycles. The zero-order chi connectivity index (χ0) is 14.7. The highest BCUT2D eigenvalue weighted by Crippen LogP contribution is 2.36. The molecule has 0 radical (unpaired) electrons. The van der Waals surface area contributed by atoms with Crippen molar-refractivity contribution in [2.75, 3.05) is 33.4 Å². The van der Waals surface area contributed by atoms with Crippen LogP contribution in [0.25, 0.3) is 0 Å². The van der Waals surface area contributed by atoms with E-state index < -0.39 is 0 Å². The number of aryl methyl sites for hydroxylation is 1. The van der Waals surface area contributed by atoms with Crippen molar-refractivity contribution in [2.24, 2.45) is 5.92 Å². The maximum absolute atomic E-state index is 9.21. The van der Waals surface area contributed by atoms with E-state index in [9.17, 15) is 5.11 Å². The molecule has 1 N–H and O–H groups in total. The number of hydrogen-bond donors (Lipinski definition) is 1. The van der Waals surface area contributed by atoms with E-state index in [1.165, 1.54) is 5.56 Å². The van der Waals surface area contributed by atoms with Gasteiger partial charge in [0.1, 0.15) is 6.10 Å². The SMILES string of the molecule is COc1cccc2c1OC(CN1CCC(CO)CC1)CC2.Cl. The second-order valence-corrected chi connectivity index (χ2v) is 6.15. The van der Waals surface area contributed by atoms with Gasteiger partial charge < -0.3 is 14.6 Å². The summed E-state index contributed by atoms with van der Waals surface area (Å²) in [5.74, 6) is 2.27. The van der Waals surface area contributed by atoms with Crippen LogP contribution >= 0.6 is 12.4 Å². The summed E-state index contributed by atoms with van der Waals surface area (Å²) >= 11 is 0. The summed E-state index contributed by atoms with van der Waals surface area (Å²) in [5, 5.41) is 9.21. The Morgan fingerprint density at radius 1 is 1.27 bits per heavy atom. The molecule has 2 aliphatic rings. The summed E-state index contributed by atoms with van der Waals surface area (Å²) in [6, 6.07) is 6.12. The Bertz CT molecular complexity index is 461. The molecule has 0 spiro atoms. The van der Waals surface area contributed by atoms with E-state index in [0.29, 0.717) is 12.5 Å². The van der Waals surface area contributed by atoms with E-state index in [2.05, 4.69) is 11.0 Å². The van der Waals surface area contributed by atoms with Crippen LogP contribution in [0.4, 0.5) is 0 Å². The van der Waals surface area contributed by atoms with Crippen LogP contribution in [-0.2, 0) is 6.42 Å². The lowest BCUT2D eigenvalue weighted by Gasteiger charge is -2.35. The number of likely N-dealkylation sites (tertiary alicyclic amines) is 1. The zero-order valence-corrected chi connectivity index (χ0v) is 14.0. The van der Waals surface area contributed by atoms with Crippen LogP contribution in [0.15, 0.2) is 18.2 Å². The third-order valence-electron chi connectivity index (χ3n) is 4.73. The fourth-order valence-electron chi connectivity index (χ4n) is 3.36. The first-order chi connectivity index (χ1) is 10.3. The highest BCUT2D eigenvalue weighted by molar-refractivity contribution is 5.85. The second-order valence-electron chi connectivity index (χ2n) is 6.15. The van der Waals surface area contributed by atoms with Gasteiger partial charge in [-0.1, -0.05) is 12.1 Å². The van der Waals surface area contributed by atoms with Crippen LogP contribution in [0.1, 0.15) is 24.8 Å². The van der Waals surface area contributed by atoms with Crippen molar-refractivity contribution in [3.8, 4) is 11.5 Å². The lowest BCUT2D eigenvalue weighted by atomic mass is 9.96. The topological polar surface area (TPSA) is 41.9 Å². The number of rotatable bonds is 4. The van der Waals surface area contributed by atoms with Crippen LogP contribution in [0.3, 0.4) is 0 Å². The highest BCUT2D eigenvalue weighted by atomic mass is 35.5. The van der Waals surface area contributed by atoms with Gasteiger partial charge in [0, 0.05) is 13.2 Å². The number of aliphatic hydroxyl groups excluding tert-OH is 1. The van der Waals surface area contributed by atoms with Gasteiger partial charge >= 0.3 is 0 Å². The summed E-state index contributed by atoms with van der Waals surface area (Å²) in [4.78, 5) is 2.47. The van der Waals surface area contributed by atoms with E-state index in [1.807, 2.05) is 12.1 Å². The third kappa shape index (κ3) is 3.86. The molecular weight excluding hydrogens is 302 g/mol. The smallest absolute Gasteiger partial charge is 0.164 e. The Labute approximate surface area is 138 Å². The molecule has 1 unspecified atom stereocenters. The van der Waals surface area contributed by atoms with Gasteiger partial charge in [-0.25, -0.2) is 0 Å². The Hall–Kier alpha value is -0.970. The number of hydrogen-bond acceptors (Lipinski definition) is 4. The molecule has 1 aromatic rings. The monoisotopic (exact) mass is 327 g/mol. The summed E-state index contributed by atoms with van der Waals surface area (Å²) in [6.07, 6.45) is 4.58. The molecule has 1 atom stereocenters. The van der Waals surface area contributed by atoms with Crippen molar-refractivity contribution in [2.45, 2.75) is 31.8 Å². The van der Waals surface area contributed by atoms with Gasteiger partial charge in [-0.05, 0) is 56.3 Å². The number of piperidine rings is 1. The average molecular weight is 328 g/mol. The standard InChI is InChI=1S/C17H25NO3.ClH/c1-20-16-4-2-3-14-5-6-15(21-17(14)16)11-18-9-7-13(12-19)8-10-18;/h2-4,13,15,19H,5-12H2,1H3;1H. The minimum atomic E-state index is 0. The molecule has 0 saturated carbocycles. The minimum absolute atomic E-state index is 0. The quantitative estimate of drug-likeness (QED) is 0.922. The van der Waals surface area contributed by atoms with Crippen LogP contribution in [0.2, 0.25) is 0 Å². The van der Waals surface area contributed by atoms with E-state index in [4.69, 9.17) is 9.47 Å². The fourth-order valence-corrected chi connectivity index (χ4v) is 3.36. The van der Waals surface area contributed by atoms with Crippen molar-refractivity contribution >= 4 is 12.4 Å². The summed E-state index contributed by atoms with van der Waals surface area (Å²) in [7, 11) is 1.70. The van der Waals surface area contributed by atoms with Gasteiger partial charge in [-0.2, -0.15) is 0 Å². The zero-order valence-electron chi connectivity index (χ0n) is 13.2. The molecule has 0 amide bonds. The van der Waals surface area contributed by atoms with Crippen molar-refractivity contribution in [3.63, 3.8) is 0 Å². The number of benzene rings is 1. The van der Waals surface area contributed by atoms with Crippen molar-refractivity contribution in [3.05, 3.63) is 23.8 Å². The number of para-hydroxylation sites is 1. The fraction of sp³-hybridized carbons (Fsp3) is 0.647. The Morgan fingerprint density at radius 3 is 2.73 bits per heavy atom. The van der Waals surface area contributed by atoms with Gasteiger partial charge in [0.15, 0.2) is 11.5 Å². The van der Waals surface area contributed by atoms with E-state index >= 15 is 0 Å². The van der Waals surface area contributed by atoms with E-state index in [0.717, 1.165) is 56.8 Å². The Balaban J connectivity index is 0.00000176. The highest BCUT2D eigenvalue weighted by Gasteiger charge is 2.26. The van der Waals surface area contributed by atoms with E-state index in [-0.39, 0.29) is 18.5 Å². The average Bonchev–Trinajstić information content (AvgIpc) is 2.55. The second kappa shape index (κ2) is 8.04. The molecule has 3 rings (SSSR count). The van der Waals surface area contributed by atoms with Gasteiger partial charge in [0.2, 0.25) is 0 Å². The molecule has 1 saturated heterocycles. The first-order valence-electron chi connectivity index (χ1n) is 7.96. The maximum Gasteiger partial charge on any atom is 0.164 e. The maximum atomic E-state index is 9.21. The minimum Gasteiger partial charge on any atom is -0.493 e. The molecule has 0 bridgehead atoms. The number of nitrogens with zero attached hydrogens (tertiary/aromatic N) is 1. The molecule has 0 aromatic heterocycles. The van der Waals surface area contributed by atoms with Crippen LogP contribution in [0, 0.1) is 5.92 Å². The number of ether oxygens (including phenoxy) is 2.